The standard InChI is InChI=1S/C9H10N2/c1-8-3-6-11-7-9(8)4-5-10-2/h3-7H,1H2,2H3/b9-4-,10-5?. The molecule has 1 aromatic heterocycles. The van der Waals surface area contributed by atoms with Crippen molar-refractivity contribution < 1.29 is 0 Å². The van der Waals surface area contributed by atoms with Crippen LogP contribution in [0.25, 0.3) is 12.7 Å². The Morgan fingerprint density at radius 3 is 3.09 bits per heavy atom. The Kier molecular flexibility index (Phi) is 2.55. The second kappa shape index (κ2) is 3.66. The molecule has 0 N–H and O–H groups in total. The van der Waals surface area contributed by atoms with Gasteiger partial charge < -0.3 is 0 Å². The molecule has 11 heavy (non-hydrogen) atoms. The molecule has 0 aliphatic heterocycles. The van der Waals surface area contributed by atoms with Crippen molar-refractivity contribution in [3.63, 3.8) is 0 Å². The van der Waals surface area contributed by atoms with Crippen LogP contribution in [0.15, 0.2) is 23.5 Å². The Morgan fingerprint density at radius 2 is 2.45 bits per heavy atom. The van der Waals surface area contributed by atoms with E-state index in [0.717, 1.165) is 10.4 Å². The molecule has 0 atom stereocenters. The molecule has 1 aromatic rings. The van der Waals surface area contributed by atoms with Gasteiger partial charge in [0.05, 0.1) is 0 Å². The second-order valence-electron chi connectivity index (χ2n) is 2.15. The van der Waals surface area contributed by atoms with Gasteiger partial charge in [-0.15, -0.1) is 0 Å². The van der Waals surface area contributed by atoms with Gasteiger partial charge >= 0.3 is 0 Å². The van der Waals surface area contributed by atoms with E-state index in [1.165, 1.54) is 0 Å². The number of pyridine rings is 1. The van der Waals surface area contributed by atoms with Gasteiger partial charge in [-0.05, 0) is 17.4 Å². The van der Waals surface area contributed by atoms with Gasteiger partial charge in [-0.2, -0.15) is 0 Å². The Balaban J connectivity index is 3.24. The fourth-order valence-electron chi connectivity index (χ4n) is 0.740. The van der Waals surface area contributed by atoms with Gasteiger partial charge in [-0.3, -0.25) is 9.98 Å². The van der Waals surface area contributed by atoms with Crippen LogP contribution < -0.4 is 10.4 Å². The van der Waals surface area contributed by atoms with Crippen LogP contribution in [0, 0.1) is 0 Å². The summed E-state index contributed by atoms with van der Waals surface area (Å²) in [4.78, 5) is 7.80. The first-order chi connectivity index (χ1) is 5.34. The first kappa shape index (κ1) is 7.66. The molecule has 0 radical (unpaired) electrons. The minimum atomic E-state index is 0.972. The zero-order valence-electron chi connectivity index (χ0n) is 6.49. The van der Waals surface area contributed by atoms with Crippen molar-refractivity contribution in [1.82, 2.24) is 4.98 Å². The van der Waals surface area contributed by atoms with Crippen LogP contribution in [0.1, 0.15) is 0 Å². The summed E-state index contributed by atoms with van der Waals surface area (Å²) in [5.41, 5.74) is 0. The highest BCUT2D eigenvalue weighted by Crippen LogP contribution is 1.62. The van der Waals surface area contributed by atoms with Crippen LogP contribution in [0.4, 0.5) is 0 Å². The molecule has 0 spiro atoms. The molecule has 0 aliphatic rings. The fraction of sp³-hybridized carbons (Fsp3) is 0.111. The number of hydrogen-bond donors (Lipinski definition) is 0. The minimum absolute atomic E-state index is 0.972. The highest BCUT2D eigenvalue weighted by molar-refractivity contribution is 5.90. The molecular weight excluding hydrogens is 136 g/mol. The lowest BCUT2D eigenvalue weighted by molar-refractivity contribution is 1.28. The van der Waals surface area contributed by atoms with Gasteiger partial charge in [-0.1, -0.05) is 6.58 Å². The summed E-state index contributed by atoms with van der Waals surface area (Å²) in [6, 6.07) is 1.87. The van der Waals surface area contributed by atoms with Crippen LogP contribution in [0.3, 0.4) is 0 Å². The summed E-state index contributed by atoms with van der Waals surface area (Å²) in [7, 11) is 1.73. The van der Waals surface area contributed by atoms with Crippen LogP contribution in [-0.2, 0) is 0 Å². The van der Waals surface area contributed by atoms with E-state index < -0.39 is 0 Å². The Bertz CT molecular complexity index is 352. The van der Waals surface area contributed by atoms with Crippen molar-refractivity contribution >= 4 is 18.9 Å². The molecule has 1 heterocycles. The summed E-state index contributed by atoms with van der Waals surface area (Å²) < 4.78 is 0. The van der Waals surface area contributed by atoms with Gasteiger partial charge in [0, 0.05) is 30.9 Å². The Labute approximate surface area is 65.6 Å². The van der Waals surface area contributed by atoms with Crippen LogP contribution in [-0.4, -0.2) is 18.2 Å². The Morgan fingerprint density at radius 1 is 1.64 bits per heavy atom. The van der Waals surface area contributed by atoms with E-state index in [1.807, 2.05) is 12.1 Å². The normalized spacial score (nSPS) is 12.6. The first-order valence-electron chi connectivity index (χ1n) is 3.36. The molecule has 0 amide bonds. The molecular formula is C9H10N2. The van der Waals surface area contributed by atoms with Crippen LogP contribution in [0.5, 0.6) is 0 Å². The van der Waals surface area contributed by atoms with E-state index in [-0.39, 0.29) is 0 Å². The van der Waals surface area contributed by atoms with E-state index in [2.05, 4.69) is 16.6 Å². The maximum Gasteiger partial charge on any atom is 0.0346 e. The molecule has 0 unspecified atom stereocenters. The van der Waals surface area contributed by atoms with E-state index in [4.69, 9.17) is 0 Å². The van der Waals surface area contributed by atoms with Gasteiger partial charge in [0.25, 0.3) is 0 Å². The molecule has 56 valence electrons. The monoisotopic (exact) mass is 146 g/mol. The maximum absolute atomic E-state index is 3.97. The third kappa shape index (κ3) is 2.00. The smallest absolute Gasteiger partial charge is 0.0346 e. The highest BCUT2D eigenvalue weighted by atomic mass is 14.6. The van der Waals surface area contributed by atoms with Crippen LogP contribution >= 0.6 is 0 Å². The number of rotatable bonds is 1. The third-order valence-electron chi connectivity index (χ3n) is 1.35. The van der Waals surface area contributed by atoms with Gasteiger partial charge in [0.1, 0.15) is 0 Å². The topological polar surface area (TPSA) is 25.2 Å². The van der Waals surface area contributed by atoms with Crippen molar-refractivity contribution in [2.24, 2.45) is 4.99 Å². The summed E-state index contributed by atoms with van der Waals surface area (Å²) in [6.07, 6.45) is 7.10. The number of aromatic nitrogens is 1. The predicted octanol–water partition coefficient (Wildman–Crippen LogP) is -0.0270. The van der Waals surface area contributed by atoms with Crippen molar-refractivity contribution in [3.05, 3.63) is 28.9 Å². The average molecular weight is 146 g/mol. The quantitative estimate of drug-likeness (QED) is 0.511. The lowest BCUT2D eigenvalue weighted by Gasteiger charge is -1.83. The Hall–Kier alpha value is -1.44. The SMILES string of the molecule is C=c1ccnc/c1=C/C=NC. The molecule has 0 saturated carbocycles. The lowest BCUT2D eigenvalue weighted by atomic mass is 10.3. The second-order valence-corrected chi connectivity index (χ2v) is 2.15. The fourth-order valence-corrected chi connectivity index (χ4v) is 0.740. The summed E-state index contributed by atoms with van der Waals surface area (Å²) >= 11 is 0. The van der Waals surface area contributed by atoms with Crippen molar-refractivity contribution in [1.29, 1.82) is 0 Å². The van der Waals surface area contributed by atoms with Gasteiger partial charge in [0.15, 0.2) is 0 Å². The molecule has 0 fully saturated rings. The number of aliphatic imine (C=N–C) groups is 1. The molecule has 2 heteroatoms. The summed E-state index contributed by atoms with van der Waals surface area (Å²) in [5, 5.41) is 1.98. The lowest BCUT2D eigenvalue weighted by Crippen LogP contribution is -2.22. The van der Waals surface area contributed by atoms with E-state index in [0.29, 0.717) is 0 Å². The van der Waals surface area contributed by atoms with E-state index in [9.17, 15) is 0 Å². The van der Waals surface area contributed by atoms with Gasteiger partial charge in [-0.25, -0.2) is 0 Å². The summed E-state index contributed by atoms with van der Waals surface area (Å²) in [6.45, 7) is 3.84. The number of nitrogens with zero attached hydrogens (tertiary/aromatic N) is 2. The molecule has 0 bridgehead atoms. The van der Waals surface area contributed by atoms with E-state index >= 15 is 0 Å². The number of hydrogen-bond acceptors (Lipinski definition) is 2. The van der Waals surface area contributed by atoms with Crippen molar-refractivity contribution in [3.8, 4) is 0 Å². The van der Waals surface area contributed by atoms with Crippen molar-refractivity contribution in [2.75, 3.05) is 7.05 Å². The molecule has 0 saturated heterocycles. The third-order valence-corrected chi connectivity index (χ3v) is 1.35. The van der Waals surface area contributed by atoms with Crippen molar-refractivity contribution in [2.45, 2.75) is 0 Å². The average Bonchev–Trinajstić information content (AvgIpc) is 2.03. The maximum atomic E-state index is 3.97. The molecule has 0 aromatic carbocycles. The summed E-state index contributed by atoms with van der Waals surface area (Å²) in [5.74, 6) is 0. The largest absolute Gasteiger partial charge is 0.296 e. The highest BCUT2D eigenvalue weighted by Gasteiger charge is 1.77. The van der Waals surface area contributed by atoms with Crippen LogP contribution in [0.2, 0.25) is 0 Å². The zero-order valence-corrected chi connectivity index (χ0v) is 6.49. The molecule has 2 nitrogen and oxygen atoms in total. The first-order valence-corrected chi connectivity index (χ1v) is 3.36. The minimum Gasteiger partial charge on any atom is -0.296 e. The molecule has 1 rings (SSSR count). The van der Waals surface area contributed by atoms with Gasteiger partial charge in [0.2, 0.25) is 0 Å². The molecule has 0 aliphatic carbocycles. The zero-order chi connectivity index (χ0) is 8.10. The van der Waals surface area contributed by atoms with E-state index in [1.54, 1.807) is 25.7 Å². The predicted molar refractivity (Wildman–Crippen MR) is 47.9 cm³/mol.